The Hall–Kier alpha value is -3.06. The molecule has 2 fully saturated rings. The number of imide groups is 1. The van der Waals surface area contributed by atoms with Gasteiger partial charge in [0.05, 0.1) is 6.61 Å². The number of hydrogen-bond donors (Lipinski definition) is 1. The van der Waals surface area contributed by atoms with E-state index in [0.717, 1.165) is 4.90 Å². The predicted octanol–water partition coefficient (Wildman–Crippen LogP) is 1.13. The van der Waals surface area contributed by atoms with Crippen molar-refractivity contribution in [3.05, 3.63) is 71.5 Å². The van der Waals surface area contributed by atoms with Crippen LogP contribution in [0.3, 0.4) is 0 Å². The highest BCUT2D eigenvalue weighted by atomic mass is 19.1. The van der Waals surface area contributed by atoms with E-state index in [1.165, 1.54) is 19.2 Å². The van der Waals surface area contributed by atoms with Crippen LogP contribution in [-0.2, 0) is 24.7 Å². The molecule has 2 saturated heterocycles. The molecule has 0 aromatic heterocycles. The molecule has 0 spiro atoms. The van der Waals surface area contributed by atoms with Crippen LogP contribution in [0.2, 0.25) is 0 Å². The number of esters is 1. The number of halogens is 1. The van der Waals surface area contributed by atoms with E-state index in [9.17, 15) is 18.8 Å². The van der Waals surface area contributed by atoms with Crippen molar-refractivity contribution in [3.8, 4) is 0 Å². The van der Waals surface area contributed by atoms with Gasteiger partial charge >= 0.3 is 5.97 Å². The molecule has 4 atom stereocenters. The third-order valence-corrected chi connectivity index (χ3v) is 6.01. The summed E-state index contributed by atoms with van der Waals surface area (Å²) in [5.41, 5.74) is -0.104. The highest BCUT2D eigenvalue weighted by molar-refractivity contribution is 6.08. The fourth-order valence-corrected chi connectivity index (χ4v) is 4.71. The zero-order chi connectivity index (χ0) is 20.8. The number of ether oxygens (including phenoxy) is 1. The largest absolute Gasteiger partial charge is 0.461 e. The maximum Gasteiger partial charge on any atom is 0.373 e. The Balaban J connectivity index is 1.93. The van der Waals surface area contributed by atoms with E-state index in [1.807, 2.05) is 6.07 Å². The number of fused-ring (bicyclic) bond motifs is 1. The van der Waals surface area contributed by atoms with Gasteiger partial charge in [0.1, 0.15) is 23.7 Å². The van der Waals surface area contributed by atoms with Crippen molar-refractivity contribution >= 4 is 17.8 Å². The van der Waals surface area contributed by atoms with E-state index >= 15 is 0 Å². The second-order valence-electron chi connectivity index (χ2n) is 7.44. The summed E-state index contributed by atoms with van der Waals surface area (Å²) in [7, 11) is 1.44. The average molecular weight is 397 g/mol. The molecule has 2 N–H and O–H groups in total. The molecule has 2 heterocycles. The van der Waals surface area contributed by atoms with Crippen LogP contribution in [0.15, 0.2) is 54.6 Å². The SMILES string of the molecule is CCOC(=O)[C@@]1(c2ccccc2)[NH2+][C@@H](c2ccc(F)cc2)[C@H]2C(=O)N(C)C(=O)[C@@H]21. The molecule has 2 aromatic carbocycles. The highest BCUT2D eigenvalue weighted by Gasteiger charge is 2.72. The first-order chi connectivity index (χ1) is 13.9. The molecule has 2 amide bonds. The Morgan fingerprint density at radius 3 is 2.38 bits per heavy atom. The van der Waals surface area contributed by atoms with Gasteiger partial charge in [0.15, 0.2) is 0 Å². The Morgan fingerprint density at radius 1 is 1.10 bits per heavy atom. The van der Waals surface area contributed by atoms with Crippen LogP contribution in [0, 0.1) is 17.7 Å². The molecule has 2 aromatic rings. The summed E-state index contributed by atoms with van der Waals surface area (Å²) in [6.07, 6.45) is 0. The van der Waals surface area contributed by atoms with Crippen molar-refractivity contribution in [2.45, 2.75) is 18.5 Å². The number of nitrogens with two attached hydrogens (primary N) is 1. The average Bonchev–Trinajstić information content (AvgIpc) is 3.20. The molecule has 4 rings (SSSR count). The quantitative estimate of drug-likeness (QED) is 0.620. The zero-order valence-electron chi connectivity index (χ0n) is 16.2. The van der Waals surface area contributed by atoms with Gasteiger partial charge in [0.2, 0.25) is 17.4 Å². The van der Waals surface area contributed by atoms with Crippen molar-refractivity contribution in [3.63, 3.8) is 0 Å². The number of benzene rings is 2. The van der Waals surface area contributed by atoms with Crippen molar-refractivity contribution in [1.82, 2.24) is 4.90 Å². The number of carbonyl (C=O) groups excluding carboxylic acids is 3. The van der Waals surface area contributed by atoms with Gasteiger partial charge in [0, 0.05) is 18.2 Å². The summed E-state index contributed by atoms with van der Waals surface area (Å²) in [6.45, 7) is 1.85. The number of nitrogens with zero attached hydrogens (tertiary/aromatic N) is 1. The van der Waals surface area contributed by atoms with E-state index in [0.29, 0.717) is 11.1 Å². The Morgan fingerprint density at radius 2 is 1.76 bits per heavy atom. The molecule has 2 aliphatic heterocycles. The van der Waals surface area contributed by atoms with Crippen LogP contribution in [0.25, 0.3) is 0 Å². The third kappa shape index (κ3) is 2.76. The number of hydrogen-bond acceptors (Lipinski definition) is 4. The van der Waals surface area contributed by atoms with Gasteiger partial charge in [-0.05, 0) is 19.1 Å². The van der Waals surface area contributed by atoms with Crippen LogP contribution >= 0.6 is 0 Å². The monoisotopic (exact) mass is 397 g/mol. The number of quaternary nitrogens is 1. The first-order valence-electron chi connectivity index (χ1n) is 9.57. The molecule has 2 aliphatic rings. The summed E-state index contributed by atoms with van der Waals surface area (Å²) < 4.78 is 18.9. The second-order valence-corrected chi connectivity index (χ2v) is 7.44. The van der Waals surface area contributed by atoms with Crippen LogP contribution in [0.1, 0.15) is 24.1 Å². The van der Waals surface area contributed by atoms with Gasteiger partial charge < -0.3 is 10.1 Å². The zero-order valence-corrected chi connectivity index (χ0v) is 16.2. The first kappa shape index (κ1) is 19.3. The maximum atomic E-state index is 13.5. The van der Waals surface area contributed by atoms with Crippen molar-refractivity contribution in [1.29, 1.82) is 0 Å². The Bertz CT molecular complexity index is 963. The van der Waals surface area contributed by atoms with Crippen LogP contribution < -0.4 is 5.32 Å². The lowest BCUT2D eigenvalue weighted by molar-refractivity contribution is -0.742. The molecule has 0 radical (unpaired) electrons. The fraction of sp³-hybridized carbons (Fsp3) is 0.318. The number of likely N-dealkylation sites (tertiary alicyclic amines) is 1. The molecule has 29 heavy (non-hydrogen) atoms. The van der Waals surface area contributed by atoms with Gasteiger partial charge in [-0.1, -0.05) is 42.5 Å². The van der Waals surface area contributed by atoms with Crippen LogP contribution in [0.4, 0.5) is 4.39 Å². The topological polar surface area (TPSA) is 80.3 Å². The molecular weight excluding hydrogens is 375 g/mol. The molecular formula is C22H22FN2O4+. The number of amides is 2. The maximum absolute atomic E-state index is 13.5. The second kappa shape index (κ2) is 7.08. The summed E-state index contributed by atoms with van der Waals surface area (Å²) in [4.78, 5) is 40.5. The summed E-state index contributed by atoms with van der Waals surface area (Å²) in [5.74, 6) is -3.35. The van der Waals surface area contributed by atoms with Gasteiger partial charge in [-0.2, -0.15) is 0 Å². The highest BCUT2D eigenvalue weighted by Crippen LogP contribution is 2.48. The van der Waals surface area contributed by atoms with Crippen LogP contribution in [0.5, 0.6) is 0 Å². The third-order valence-electron chi connectivity index (χ3n) is 6.01. The molecule has 0 saturated carbocycles. The molecule has 6 nitrogen and oxygen atoms in total. The van der Waals surface area contributed by atoms with Crippen molar-refractivity contribution in [2.24, 2.45) is 11.8 Å². The molecule has 7 heteroatoms. The van der Waals surface area contributed by atoms with E-state index in [2.05, 4.69) is 0 Å². The molecule has 0 bridgehead atoms. The summed E-state index contributed by atoms with van der Waals surface area (Å²) in [5, 5.41) is 1.76. The molecule has 0 unspecified atom stereocenters. The standard InChI is InChI=1S/C22H21FN2O4/c1-3-29-21(28)22(14-7-5-4-6-8-14)17-16(19(26)25(2)20(17)27)18(24-22)13-9-11-15(23)12-10-13/h4-12,16-18,24H,3H2,1-2H3/p+1/t16-,17+,18-,22-/m0/s1. The minimum atomic E-state index is -1.39. The van der Waals surface area contributed by atoms with E-state index in [-0.39, 0.29) is 12.5 Å². The van der Waals surface area contributed by atoms with Gasteiger partial charge in [-0.15, -0.1) is 0 Å². The lowest BCUT2D eigenvalue weighted by Crippen LogP contribution is -2.96. The Kier molecular flexibility index (Phi) is 4.70. The van der Waals surface area contributed by atoms with Crippen molar-refractivity contribution < 1.29 is 28.8 Å². The number of rotatable bonds is 4. The van der Waals surface area contributed by atoms with Crippen LogP contribution in [-0.4, -0.2) is 36.3 Å². The van der Waals surface area contributed by atoms with Gasteiger partial charge in [-0.25, -0.2) is 9.18 Å². The normalized spacial score (nSPS) is 28.5. The summed E-state index contributed by atoms with van der Waals surface area (Å²) >= 11 is 0. The number of carbonyl (C=O) groups is 3. The van der Waals surface area contributed by atoms with E-state index in [4.69, 9.17) is 4.74 Å². The van der Waals surface area contributed by atoms with E-state index in [1.54, 1.807) is 48.6 Å². The predicted molar refractivity (Wildman–Crippen MR) is 101 cm³/mol. The Labute approximate surface area is 167 Å². The van der Waals surface area contributed by atoms with Gasteiger partial charge in [-0.3, -0.25) is 14.5 Å². The molecule has 150 valence electrons. The fourth-order valence-electron chi connectivity index (χ4n) is 4.71. The van der Waals surface area contributed by atoms with Gasteiger partial charge in [0.25, 0.3) is 0 Å². The smallest absolute Gasteiger partial charge is 0.373 e. The molecule has 0 aliphatic carbocycles. The van der Waals surface area contributed by atoms with E-state index < -0.39 is 41.1 Å². The lowest BCUT2D eigenvalue weighted by atomic mass is 9.75. The first-order valence-corrected chi connectivity index (χ1v) is 9.57. The summed E-state index contributed by atoms with van der Waals surface area (Å²) in [6, 6.07) is 14.2. The van der Waals surface area contributed by atoms with Crippen molar-refractivity contribution in [2.75, 3.05) is 13.7 Å². The lowest BCUT2D eigenvalue weighted by Gasteiger charge is -2.29. The minimum Gasteiger partial charge on any atom is -0.461 e. The minimum absolute atomic E-state index is 0.151.